The first kappa shape index (κ1) is 8.62. The molecular weight excluding hydrogens is 162 g/mol. The van der Waals surface area contributed by atoms with Crippen LogP contribution < -0.4 is 5.32 Å². The smallest absolute Gasteiger partial charge is 0.197 e. The molecule has 0 aliphatic carbocycles. The van der Waals surface area contributed by atoms with Gasteiger partial charge in [-0.1, -0.05) is 6.92 Å². The summed E-state index contributed by atoms with van der Waals surface area (Å²) in [6.07, 6.45) is 2.62. The lowest BCUT2D eigenvalue weighted by Gasteiger charge is -2.10. The van der Waals surface area contributed by atoms with Crippen molar-refractivity contribution < 1.29 is 4.42 Å². The second-order valence-electron chi connectivity index (χ2n) is 2.40. The van der Waals surface area contributed by atoms with Gasteiger partial charge < -0.3 is 9.73 Å². The zero-order chi connectivity index (χ0) is 8.27. The van der Waals surface area contributed by atoms with Crippen LogP contribution in [0.3, 0.4) is 0 Å². The second-order valence-corrected chi connectivity index (χ2v) is 2.74. The number of nitrogens with one attached hydrogen (secondary N) is 1. The third-order valence-electron chi connectivity index (χ3n) is 1.78. The Balaban J connectivity index is 2.81. The van der Waals surface area contributed by atoms with Crippen molar-refractivity contribution in [3.63, 3.8) is 0 Å². The van der Waals surface area contributed by atoms with Crippen LogP contribution in [0.1, 0.15) is 24.9 Å². The van der Waals surface area contributed by atoms with Crippen LogP contribution in [0.5, 0.6) is 0 Å². The minimum Gasteiger partial charge on any atom is -0.453 e. The molecule has 1 aromatic rings. The Morgan fingerprint density at radius 1 is 1.73 bits per heavy atom. The van der Waals surface area contributed by atoms with Crippen LogP contribution in [0.25, 0.3) is 0 Å². The van der Waals surface area contributed by atoms with Crippen LogP contribution in [-0.4, -0.2) is 7.05 Å². The Morgan fingerprint density at radius 3 is 2.82 bits per heavy atom. The zero-order valence-corrected chi connectivity index (χ0v) is 7.48. The Morgan fingerprint density at radius 2 is 2.45 bits per heavy atom. The summed E-state index contributed by atoms with van der Waals surface area (Å²) in [7, 11) is 1.91. The topological polar surface area (TPSA) is 25.2 Å². The van der Waals surface area contributed by atoms with E-state index in [1.807, 2.05) is 13.1 Å². The first-order valence-corrected chi connectivity index (χ1v) is 4.07. The molecule has 0 fully saturated rings. The predicted octanol–water partition coefficient (Wildman–Crippen LogP) is 2.60. The standard InChI is InChI=1S/C8H12ClNO/c1-3-7(10-2)6-4-5-11-8(6)9/h4-5,7,10H,3H2,1-2H3. The molecule has 0 bridgehead atoms. The van der Waals surface area contributed by atoms with Crippen molar-refractivity contribution >= 4 is 11.6 Å². The van der Waals surface area contributed by atoms with Gasteiger partial charge in [0.25, 0.3) is 0 Å². The van der Waals surface area contributed by atoms with E-state index in [1.165, 1.54) is 0 Å². The Kier molecular flexibility index (Phi) is 2.97. The van der Waals surface area contributed by atoms with Gasteiger partial charge in [-0.25, -0.2) is 0 Å². The van der Waals surface area contributed by atoms with E-state index in [-0.39, 0.29) is 0 Å². The lowest BCUT2D eigenvalue weighted by molar-refractivity contribution is 0.539. The normalized spacial score (nSPS) is 13.4. The van der Waals surface area contributed by atoms with Crippen molar-refractivity contribution in [1.29, 1.82) is 0 Å². The summed E-state index contributed by atoms with van der Waals surface area (Å²) in [5, 5.41) is 3.64. The van der Waals surface area contributed by atoms with E-state index in [0.717, 1.165) is 12.0 Å². The van der Waals surface area contributed by atoms with Gasteiger partial charge in [0, 0.05) is 11.6 Å². The summed E-state index contributed by atoms with van der Waals surface area (Å²) in [6.45, 7) is 2.10. The lowest BCUT2D eigenvalue weighted by atomic mass is 10.1. The quantitative estimate of drug-likeness (QED) is 0.760. The molecule has 0 saturated carbocycles. The van der Waals surface area contributed by atoms with Crippen LogP contribution in [0.4, 0.5) is 0 Å². The highest BCUT2D eigenvalue weighted by Crippen LogP contribution is 2.25. The number of rotatable bonds is 3. The van der Waals surface area contributed by atoms with Crippen molar-refractivity contribution in [2.75, 3.05) is 7.05 Å². The van der Waals surface area contributed by atoms with Crippen LogP contribution in [0.15, 0.2) is 16.7 Å². The van der Waals surface area contributed by atoms with Gasteiger partial charge >= 0.3 is 0 Å². The van der Waals surface area contributed by atoms with Gasteiger partial charge in [0.1, 0.15) is 0 Å². The molecule has 2 nitrogen and oxygen atoms in total. The Bertz CT molecular complexity index is 218. The minimum atomic E-state index is 0.307. The minimum absolute atomic E-state index is 0.307. The Hall–Kier alpha value is -0.470. The zero-order valence-electron chi connectivity index (χ0n) is 6.73. The highest BCUT2D eigenvalue weighted by Gasteiger charge is 2.12. The van der Waals surface area contributed by atoms with Crippen LogP contribution in [0.2, 0.25) is 5.22 Å². The van der Waals surface area contributed by atoms with Gasteiger partial charge in [0.15, 0.2) is 5.22 Å². The van der Waals surface area contributed by atoms with Gasteiger partial charge in [-0.3, -0.25) is 0 Å². The van der Waals surface area contributed by atoms with E-state index in [4.69, 9.17) is 16.0 Å². The molecule has 0 amide bonds. The summed E-state index contributed by atoms with van der Waals surface area (Å²) in [5.41, 5.74) is 1.04. The molecule has 0 radical (unpaired) electrons. The fourth-order valence-electron chi connectivity index (χ4n) is 1.13. The molecule has 11 heavy (non-hydrogen) atoms. The van der Waals surface area contributed by atoms with Crippen molar-refractivity contribution in [3.05, 3.63) is 23.1 Å². The average Bonchev–Trinajstić information content (AvgIpc) is 2.40. The maximum atomic E-state index is 5.79. The third-order valence-corrected chi connectivity index (χ3v) is 2.09. The van der Waals surface area contributed by atoms with Crippen molar-refractivity contribution in [2.24, 2.45) is 0 Å². The predicted molar refractivity (Wildman–Crippen MR) is 45.8 cm³/mol. The molecule has 1 N–H and O–H groups in total. The first-order chi connectivity index (χ1) is 5.29. The summed E-state index contributed by atoms with van der Waals surface area (Å²) in [4.78, 5) is 0. The maximum Gasteiger partial charge on any atom is 0.197 e. The van der Waals surface area contributed by atoms with Gasteiger partial charge in [0.2, 0.25) is 0 Å². The van der Waals surface area contributed by atoms with Crippen LogP contribution >= 0.6 is 11.6 Å². The first-order valence-electron chi connectivity index (χ1n) is 3.69. The lowest BCUT2D eigenvalue weighted by Crippen LogP contribution is -2.14. The molecule has 0 saturated heterocycles. The third kappa shape index (κ3) is 1.76. The van der Waals surface area contributed by atoms with Gasteiger partial charge in [-0.05, 0) is 31.1 Å². The average molecular weight is 174 g/mol. The van der Waals surface area contributed by atoms with E-state index in [0.29, 0.717) is 11.3 Å². The molecule has 0 aliphatic rings. The monoisotopic (exact) mass is 173 g/mol. The second kappa shape index (κ2) is 3.79. The summed E-state index contributed by atoms with van der Waals surface area (Å²) in [5.74, 6) is 0. The molecular formula is C8H12ClNO. The largest absolute Gasteiger partial charge is 0.453 e. The van der Waals surface area contributed by atoms with E-state index < -0.39 is 0 Å². The fraction of sp³-hybridized carbons (Fsp3) is 0.500. The molecule has 0 aromatic carbocycles. The van der Waals surface area contributed by atoms with E-state index in [2.05, 4.69) is 12.2 Å². The fourth-order valence-corrected chi connectivity index (χ4v) is 1.38. The van der Waals surface area contributed by atoms with Crippen LogP contribution in [0, 0.1) is 0 Å². The van der Waals surface area contributed by atoms with Crippen molar-refractivity contribution in [3.8, 4) is 0 Å². The molecule has 62 valence electrons. The van der Waals surface area contributed by atoms with Crippen molar-refractivity contribution in [1.82, 2.24) is 5.32 Å². The number of hydrogen-bond acceptors (Lipinski definition) is 2. The molecule has 0 aliphatic heterocycles. The van der Waals surface area contributed by atoms with Crippen molar-refractivity contribution in [2.45, 2.75) is 19.4 Å². The van der Waals surface area contributed by atoms with Gasteiger partial charge in [-0.2, -0.15) is 0 Å². The van der Waals surface area contributed by atoms with Crippen LogP contribution in [-0.2, 0) is 0 Å². The molecule has 1 heterocycles. The number of halogens is 1. The summed E-state index contributed by atoms with van der Waals surface area (Å²) in [6, 6.07) is 2.20. The molecule has 1 rings (SSSR count). The van der Waals surface area contributed by atoms with E-state index in [9.17, 15) is 0 Å². The van der Waals surface area contributed by atoms with Gasteiger partial charge in [0.05, 0.1) is 6.26 Å². The maximum absolute atomic E-state index is 5.79. The van der Waals surface area contributed by atoms with E-state index in [1.54, 1.807) is 6.26 Å². The number of furan rings is 1. The molecule has 1 unspecified atom stereocenters. The molecule has 1 atom stereocenters. The summed E-state index contributed by atoms with van der Waals surface area (Å²) >= 11 is 5.79. The SMILES string of the molecule is CCC(NC)c1ccoc1Cl. The molecule has 1 aromatic heterocycles. The Labute approximate surface area is 71.5 Å². The molecule has 0 spiro atoms. The molecule has 3 heteroatoms. The van der Waals surface area contributed by atoms with Gasteiger partial charge in [-0.15, -0.1) is 0 Å². The highest BCUT2D eigenvalue weighted by atomic mass is 35.5. The summed E-state index contributed by atoms with van der Waals surface area (Å²) < 4.78 is 4.97. The number of hydrogen-bond donors (Lipinski definition) is 1. The highest BCUT2D eigenvalue weighted by molar-refractivity contribution is 6.29. The van der Waals surface area contributed by atoms with E-state index >= 15 is 0 Å².